The minimum atomic E-state index is -1.36. The van der Waals surface area contributed by atoms with Crippen molar-refractivity contribution in [2.45, 2.75) is 6.92 Å². The van der Waals surface area contributed by atoms with E-state index in [1.807, 2.05) is 6.92 Å². The SMILES string of the molecule is Cc1ccc(NC(=O)C(=O)N/N=C\c2ccccc2OCC(=O)[O-])cc1. The third-order valence-corrected chi connectivity index (χ3v) is 3.15. The summed E-state index contributed by atoms with van der Waals surface area (Å²) in [6, 6.07) is 13.4. The molecule has 0 bridgehead atoms. The number of aryl methyl sites for hydroxylation is 1. The first-order chi connectivity index (χ1) is 12.5. The van der Waals surface area contributed by atoms with Crippen molar-refractivity contribution in [1.82, 2.24) is 5.43 Å². The van der Waals surface area contributed by atoms with Gasteiger partial charge in [-0.2, -0.15) is 5.10 Å². The lowest BCUT2D eigenvalue weighted by Gasteiger charge is -2.09. The number of anilines is 1. The van der Waals surface area contributed by atoms with Gasteiger partial charge in [0.05, 0.1) is 12.2 Å². The molecule has 8 heteroatoms. The summed E-state index contributed by atoms with van der Waals surface area (Å²) in [5, 5.41) is 16.6. The number of nitrogens with zero attached hydrogens (tertiary/aromatic N) is 1. The molecule has 0 aliphatic carbocycles. The average molecular weight is 354 g/mol. The fourth-order valence-corrected chi connectivity index (χ4v) is 1.89. The second kappa shape index (κ2) is 8.97. The predicted octanol–water partition coefficient (Wildman–Crippen LogP) is 0.213. The number of aliphatic carboxylic acids is 1. The Balaban J connectivity index is 1.93. The predicted molar refractivity (Wildman–Crippen MR) is 92.5 cm³/mol. The first-order valence-corrected chi connectivity index (χ1v) is 7.58. The molecule has 0 fully saturated rings. The van der Waals surface area contributed by atoms with Crippen LogP contribution < -0.4 is 20.6 Å². The normalized spacial score (nSPS) is 10.3. The van der Waals surface area contributed by atoms with Gasteiger partial charge in [-0.05, 0) is 31.2 Å². The van der Waals surface area contributed by atoms with Crippen molar-refractivity contribution in [3.63, 3.8) is 0 Å². The van der Waals surface area contributed by atoms with Gasteiger partial charge in [0.2, 0.25) is 0 Å². The van der Waals surface area contributed by atoms with E-state index in [-0.39, 0.29) is 5.75 Å². The Labute approximate surface area is 149 Å². The van der Waals surface area contributed by atoms with E-state index in [9.17, 15) is 19.5 Å². The number of carbonyl (C=O) groups is 3. The Morgan fingerprint density at radius 3 is 2.46 bits per heavy atom. The third-order valence-electron chi connectivity index (χ3n) is 3.15. The molecule has 26 heavy (non-hydrogen) atoms. The molecular weight excluding hydrogens is 338 g/mol. The number of rotatable bonds is 6. The molecule has 2 aromatic carbocycles. The number of carboxylic acid groups (broad SMARTS) is 1. The largest absolute Gasteiger partial charge is 0.546 e. The molecule has 0 spiro atoms. The lowest BCUT2D eigenvalue weighted by Crippen LogP contribution is -2.32. The number of hydrogen-bond donors (Lipinski definition) is 2. The quantitative estimate of drug-likeness (QED) is 0.437. The van der Waals surface area contributed by atoms with Crippen LogP contribution in [0.5, 0.6) is 5.75 Å². The monoisotopic (exact) mass is 354 g/mol. The van der Waals surface area contributed by atoms with Crippen molar-refractivity contribution in [2.75, 3.05) is 11.9 Å². The van der Waals surface area contributed by atoms with E-state index in [0.29, 0.717) is 11.3 Å². The first kappa shape index (κ1) is 18.7. The highest BCUT2D eigenvalue weighted by molar-refractivity contribution is 6.39. The maximum absolute atomic E-state index is 11.8. The maximum Gasteiger partial charge on any atom is 0.329 e. The van der Waals surface area contributed by atoms with Crippen molar-refractivity contribution in [3.05, 3.63) is 59.7 Å². The number of hydrazone groups is 1. The molecule has 0 aliphatic rings. The standard InChI is InChI=1S/C18H17N3O5/c1-12-6-8-14(9-7-12)20-17(24)18(25)21-19-10-13-4-2-3-5-15(13)26-11-16(22)23/h2-10H,11H2,1H3,(H,20,24)(H,21,25)(H,22,23)/p-1/b19-10-. The van der Waals surface area contributed by atoms with Gasteiger partial charge in [-0.15, -0.1) is 0 Å². The van der Waals surface area contributed by atoms with Gasteiger partial charge in [0.15, 0.2) is 0 Å². The molecule has 0 saturated heterocycles. The number of carboxylic acids is 1. The van der Waals surface area contributed by atoms with Crippen LogP contribution in [-0.2, 0) is 14.4 Å². The van der Waals surface area contributed by atoms with Crippen LogP contribution in [0.1, 0.15) is 11.1 Å². The Morgan fingerprint density at radius 1 is 1.08 bits per heavy atom. The number of para-hydroxylation sites is 1. The molecule has 0 saturated carbocycles. The Morgan fingerprint density at radius 2 is 1.77 bits per heavy atom. The summed E-state index contributed by atoms with van der Waals surface area (Å²) in [5.41, 5.74) is 4.02. The van der Waals surface area contributed by atoms with Crippen molar-refractivity contribution in [2.24, 2.45) is 5.10 Å². The van der Waals surface area contributed by atoms with Crippen LogP contribution in [0.3, 0.4) is 0 Å². The van der Waals surface area contributed by atoms with Crippen molar-refractivity contribution < 1.29 is 24.2 Å². The Bertz CT molecular complexity index is 831. The summed E-state index contributed by atoms with van der Waals surface area (Å²) >= 11 is 0. The molecule has 0 unspecified atom stereocenters. The fraction of sp³-hybridized carbons (Fsp3) is 0.111. The molecule has 0 atom stereocenters. The topological polar surface area (TPSA) is 120 Å². The second-order valence-corrected chi connectivity index (χ2v) is 5.22. The highest BCUT2D eigenvalue weighted by Gasteiger charge is 2.12. The molecule has 0 radical (unpaired) electrons. The molecule has 0 aliphatic heterocycles. The van der Waals surface area contributed by atoms with Gasteiger partial charge in [0, 0.05) is 11.3 Å². The zero-order valence-corrected chi connectivity index (χ0v) is 13.9. The van der Waals surface area contributed by atoms with Crippen LogP contribution in [0.25, 0.3) is 0 Å². The van der Waals surface area contributed by atoms with E-state index >= 15 is 0 Å². The minimum absolute atomic E-state index is 0.249. The molecule has 2 amide bonds. The molecular formula is C18H16N3O5-. The van der Waals surface area contributed by atoms with E-state index in [0.717, 1.165) is 5.56 Å². The third kappa shape index (κ3) is 5.75. The summed E-state index contributed by atoms with van der Waals surface area (Å²) in [6.45, 7) is 1.29. The van der Waals surface area contributed by atoms with Gasteiger partial charge in [0.1, 0.15) is 12.4 Å². The molecule has 2 aromatic rings. The van der Waals surface area contributed by atoms with Crippen LogP contribution in [0.4, 0.5) is 5.69 Å². The van der Waals surface area contributed by atoms with E-state index in [2.05, 4.69) is 15.8 Å². The number of nitrogens with one attached hydrogen (secondary N) is 2. The van der Waals surface area contributed by atoms with E-state index in [1.165, 1.54) is 12.3 Å². The zero-order valence-electron chi connectivity index (χ0n) is 13.9. The maximum atomic E-state index is 11.8. The van der Waals surface area contributed by atoms with Gasteiger partial charge < -0.3 is 20.0 Å². The fourth-order valence-electron chi connectivity index (χ4n) is 1.89. The van der Waals surface area contributed by atoms with E-state index in [4.69, 9.17) is 4.74 Å². The van der Waals surface area contributed by atoms with Gasteiger partial charge in [0.25, 0.3) is 0 Å². The molecule has 134 valence electrons. The number of benzene rings is 2. The smallest absolute Gasteiger partial charge is 0.329 e. The van der Waals surface area contributed by atoms with Crippen LogP contribution in [-0.4, -0.2) is 30.6 Å². The van der Waals surface area contributed by atoms with Crippen molar-refractivity contribution in [1.29, 1.82) is 0 Å². The lowest BCUT2D eigenvalue weighted by atomic mass is 10.2. The summed E-state index contributed by atoms with van der Waals surface area (Å²) in [7, 11) is 0. The Kier molecular flexibility index (Phi) is 6.44. The van der Waals surface area contributed by atoms with Crippen LogP contribution >= 0.6 is 0 Å². The molecule has 8 nitrogen and oxygen atoms in total. The van der Waals surface area contributed by atoms with Gasteiger partial charge in [-0.1, -0.05) is 29.8 Å². The van der Waals surface area contributed by atoms with Crippen LogP contribution in [0.2, 0.25) is 0 Å². The highest BCUT2D eigenvalue weighted by atomic mass is 16.5. The molecule has 2 N–H and O–H groups in total. The van der Waals surface area contributed by atoms with Gasteiger partial charge in [-0.3, -0.25) is 9.59 Å². The van der Waals surface area contributed by atoms with E-state index in [1.54, 1.807) is 42.5 Å². The number of hydrogen-bond acceptors (Lipinski definition) is 6. The van der Waals surface area contributed by atoms with Crippen LogP contribution in [0, 0.1) is 6.92 Å². The highest BCUT2D eigenvalue weighted by Crippen LogP contribution is 2.15. The number of amides is 2. The van der Waals surface area contributed by atoms with Gasteiger partial charge >= 0.3 is 11.8 Å². The summed E-state index contributed by atoms with van der Waals surface area (Å²) in [5.74, 6) is -2.93. The molecule has 2 rings (SSSR count). The molecule has 0 heterocycles. The van der Waals surface area contributed by atoms with Gasteiger partial charge in [-0.25, -0.2) is 5.43 Å². The second-order valence-electron chi connectivity index (χ2n) is 5.22. The number of ether oxygens (including phenoxy) is 1. The summed E-state index contributed by atoms with van der Waals surface area (Å²) < 4.78 is 5.05. The zero-order chi connectivity index (χ0) is 18.9. The van der Waals surface area contributed by atoms with E-state index < -0.39 is 24.4 Å². The number of carbonyl (C=O) groups excluding carboxylic acids is 3. The Hall–Kier alpha value is -3.68. The van der Waals surface area contributed by atoms with Crippen molar-refractivity contribution >= 4 is 29.7 Å². The first-order valence-electron chi connectivity index (χ1n) is 7.58. The van der Waals surface area contributed by atoms with Crippen molar-refractivity contribution in [3.8, 4) is 5.75 Å². The summed E-state index contributed by atoms with van der Waals surface area (Å²) in [4.78, 5) is 34.0. The molecule has 0 aromatic heterocycles. The average Bonchev–Trinajstić information content (AvgIpc) is 2.62. The summed E-state index contributed by atoms with van der Waals surface area (Å²) in [6.07, 6.45) is 1.24. The minimum Gasteiger partial charge on any atom is -0.546 e. The van der Waals surface area contributed by atoms with Crippen LogP contribution in [0.15, 0.2) is 53.6 Å². The lowest BCUT2D eigenvalue weighted by molar-refractivity contribution is -0.307.